The Balaban J connectivity index is 1.68. The van der Waals surface area contributed by atoms with E-state index in [1.807, 2.05) is 12.1 Å². The number of phenols is 1. The van der Waals surface area contributed by atoms with Crippen LogP contribution in [0.4, 0.5) is 10.5 Å². The van der Waals surface area contributed by atoms with Gasteiger partial charge in [-0.15, -0.1) is 0 Å². The van der Waals surface area contributed by atoms with Crippen LogP contribution >= 0.6 is 0 Å². The molecule has 0 radical (unpaired) electrons. The van der Waals surface area contributed by atoms with E-state index in [1.165, 1.54) is 12.0 Å². The van der Waals surface area contributed by atoms with Gasteiger partial charge in [0.25, 0.3) is 0 Å². The molecule has 0 fully saturated rings. The molecular weight excluding hydrogens is 392 g/mol. The minimum atomic E-state index is -0.415. The highest BCUT2D eigenvalue weighted by Gasteiger charge is 2.11. The van der Waals surface area contributed by atoms with Crippen molar-refractivity contribution in [2.75, 3.05) is 19.5 Å². The molecule has 0 aromatic heterocycles. The summed E-state index contributed by atoms with van der Waals surface area (Å²) < 4.78 is 4.72. The molecule has 0 heterocycles. The lowest BCUT2D eigenvalue weighted by Crippen LogP contribution is -2.30. The average Bonchev–Trinajstić information content (AvgIpc) is 2.79. The molecule has 3 rings (SSSR count). The van der Waals surface area contributed by atoms with E-state index in [0.717, 1.165) is 0 Å². The second kappa shape index (κ2) is 9.99. The van der Waals surface area contributed by atoms with E-state index in [1.54, 1.807) is 67.7 Å². The Hall–Kier alpha value is -4.24. The van der Waals surface area contributed by atoms with Crippen LogP contribution in [-0.2, 0) is 11.3 Å². The summed E-state index contributed by atoms with van der Waals surface area (Å²) in [4.78, 5) is 25.6. The topological polar surface area (TPSA) is 78.9 Å². The number of hydrogen-bond donors (Lipinski definition) is 2. The highest BCUT2D eigenvalue weighted by Crippen LogP contribution is 2.18. The number of para-hydroxylation sites is 1. The highest BCUT2D eigenvalue weighted by molar-refractivity contribution is 5.90. The maximum absolute atomic E-state index is 12.5. The third-order valence-corrected chi connectivity index (χ3v) is 4.49. The van der Waals surface area contributed by atoms with Crippen LogP contribution in [0, 0.1) is 11.8 Å². The monoisotopic (exact) mass is 414 g/mol. The normalized spacial score (nSPS) is 9.87. The molecule has 0 bridgehead atoms. The van der Waals surface area contributed by atoms with E-state index in [4.69, 9.17) is 4.74 Å². The molecule has 2 N–H and O–H groups in total. The number of anilines is 1. The minimum Gasteiger partial charge on any atom is -0.508 e. The molecule has 0 spiro atoms. The fourth-order valence-corrected chi connectivity index (χ4v) is 2.85. The van der Waals surface area contributed by atoms with Crippen molar-refractivity contribution in [3.8, 4) is 17.6 Å². The van der Waals surface area contributed by atoms with E-state index >= 15 is 0 Å². The Kier molecular flexibility index (Phi) is 6.92. The van der Waals surface area contributed by atoms with E-state index in [2.05, 4.69) is 17.2 Å². The second-order valence-corrected chi connectivity index (χ2v) is 6.82. The number of rotatable bonds is 4. The van der Waals surface area contributed by atoms with Gasteiger partial charge in [0.05, 0.1) is 19.2 Å². The molecule has 0 aliphatic heterocycles. The third kappa shape index (κ3) is 5.87. The number of nitrogens with one attached hydrogen (secondary N) is 1. The Morgan fingerprint density at radius 2 is 1.65 bits per heavy atom. The predicted molar refractivity (Wildman–Crippen MR) is 119 cm³/mol. The number of esters is 1. The van der Waals surface area contributed by atoms with Gasteiger partial charge < -0.3 is 20.1 Å². The summed E-state index contributed by atoms with van der Waals surface area (Å²) in [6.45, 7) is 0.272. The van der Waals surface area contributed by atoms with Crippen molar-refractivity contribution in [2.45, 2.75) is 6.54 Å². The Morgan fingerprint density at radius 3 is 2.35 bits per heavy atom. The molecule has 31 heavy (non-hydrogen) atoms. The number of amides is 2. The van der Waals surface area contributed by atoms with Gasteiger partial charge in [0, 0.05) is 29.4 Å². The fraction of sp³-hybridized carbons (Fsp3) is 0.120. The van der Waals surface area contributed by atoms with Crippen molar-refractivity contribution in [3.05, 3.63) is 95.1 Å². The minimum absolute atomic E-state index is 0.149. The van der Waals surface area contributed by atoms with Gasteiger partial charge in [-0.2, -0.15) is 0 Å². The van der Waals surface area contributed by atoms with Crippen LogP contribution in [-0.4, -0.2) is 36.2 Å². The van der Waals surface area contributed by atoms with Crippen molar-refractivity contribution >= 4 is 17.7 Å². The number of methoxy groups -OCH3 is 1. The summed E-state index contributed by atoms with van der Waals surface area (Å²) in [6.07, 6.45) is 0. The fourth-order valence-electron chi connectivity index (χ4n) is 2.85. The summed E-state index contributed by atoms with van der Waals surface area (Å²) in [5, 5.41) is 12.7. The molecule has 156 valence electrons. The predicted octanol–water partition coefficient (Wildman–Crippen LogP) is 4.24. The van der Waals surface area contributed by atoms with Gasteiger partial charge in [-0.1, -0.05) is 42.2 Å². The number of ether oxygens (including phenoxy) is 1. The first-order valence-corrected chi connectivity index (χ1v) is 9.55. The van der Waals surface area contributed by atoms with Crippen LogP contribution in [0.25, 0.3) is 0 Å². The number of phenolic OH excluding ortho intramolecular Hbond substituents is 1. The molecule has 3 aromatic rings. The van der Waals surface area contributed by atoms with Crippen molar-refractivity contribution in [1.29, 1.82) is 0 Å². The molecule has 0 atom stereocenters. The number of carbonyl (C=O) groups excluding carboxylic acids is 2. The largest absolute Gasteiger partial charge is 0.508 e. The van der Waals surface area contributed by atoms with E-state index < -0.39 is 5.97 Å². The summed E-state index contributed by atoms with van der Waals surface area (Å²) in [5.41, 5.74) is 3.09. The lowest BCUT2D eigenvalue weighted by atomic mass is 10.1. The molecule has 0 unspecified atom stereocenters. The zero-order chi connectivity index (χ0) is 22.2. The number of aromatic hydroxyl groups is 1. The first kappa shape index (κ1) is 21.5. The van der Waals surface area contributed by atoms with Crippen LogP contribution in [0.2, 0.25) is 0 Å². The lowest BCUT2D eigenvalue weighted by molar-refractivity contribution is 0.0600. The summed E-state index contributed by atoms with van der Waals surface area (Å²) in [6, 6.07) is 20.6. The highest BCUT2D eigenvalue weighted by atomic mass is 16.5. The third-order valence-electron chi connectivity index (χ3n) is 4.49. The van der Waals surface area contributed by atoms with Gasteiger partial charge in [0.2, 0.25) is 0 Å². The molecule has 2 amide bonds. The van der Waals surface area contributed by atoms with Crippen molar-refractivity contribution in [3.63, 3.8) is 0 Å². The molecule has 6 heteroatoms. The van der Waals surface area contributed by atoms with Gasteiger partial charge >= 0.3 is 12.0 Å². The van der Waals surface area contributed by atoms with E-state index in [0.29, 0.717) is 27.9 Å². The number of benzene rings is 3. The van der Waals surface area contributed by atoms with Crippen molar-refractivity contribution in [1.82, 2.24) is 4.90 Å². The first-order valence-electron chi connectivity index (χ1n) is 9.55. The van der Waals surface area contributed by atoms with Crippen LogP contribution in [0.1, 0.15) is 27.0 Å². The van der Waals surface area contributed by atoms with Gasteiger partial charge in [-0.3, -0.25) is 0 Å². The van der Waals surface area contributed by atoms with Crippen molar-refractivity contribution < 1.29 is 19.4 Å². The Morgan fingerprint density at radius 1 is 0.968 bits per heavy atom. The number of urea groups is 1. The quantitative estimate of drug-likeness (QED) is 0.494. The van der Waals surface area contributed by atoms with E-state index in [-0.39, 0.29) is 18.3 Å². The number of nitrogens with zero attached hydrogens (tertiary/aromatic N) is 1. The Bertz CT molecular complexity index is 1160. The smallest absolute Gasteiger partial charge is 0.337 e. The van der Waals surface area contributed by atoms with Gasteiger partial charge in [0.1, 0.15) is 5.75 Å². The maximum Gasteiger partial charge on any atom is 0.337 e. The van der Waals surface area contributed by atoms with Gasteiger partial charge in [-0.25, -0.2) is 9.59 Å². The standard InChI is InChI=1S/C25H22N2O4/c1-27(17-21-9-3-4-12-23(21)28)25(30)26-22-11-6-8-19(16-22)14-13-18-7-5-10-20(15-18)24(29)31-2/h3-12,15-16,28H,17H2,1-2H3,(H,26,30). The summed E-state index contributed by atoms with van der Waals surface area (Å²) >= 11 is 0. The molecule has 0 aliphatic carbocycles. The number of hydrogen-bond acceptors (Lipinski definition) is 4. The molecule has 6 nitrogen and oxygen atoms in total. The zero-order valence-electron chi connectivity index (χ0n) is 17.3. The van der Waals surface area contributed by atoms with Gasteiger partial charge in [0.15, 0.2) is 0 Å². The summed E-state index contributed by atoms with van der Waals surface area (Å²) in [5.74, 6) is 5.78. The van der Waals surface area contributed by atoms with Crippen molar-refractivity contribution in [2.24, 2.45) is 0 Å². The first-order chi connectivity index (χ1) is 15.0. The van der Waals surface area contributed by atoms with Gasteiger partial charge in [-0.05, 0) is 42.5 Å². The number of carbonyl (C=O) groups is 2. The summed E-state index contributed by atoms with van der Waals surface area (Å²) in [7, 11) is 2.99. The Labute approximate surface area is 181 Å². The SMILES string of the molecule is COC(=O)c1cccc(C#Cc2cccc(NC(=O)N(C)Cc3ccccc3O)c2)c1. The molecule has 0 aliphatic rings. The van der Waals surface area contributed by atoms with Crippen LogP contribution in [0.15, 0.2) is 72.8 Å². The molecule has 0 saturated carbocycles. The molecular formula is C25H22N2O4. The zero-order valence-corrected chi connectivity index (χ0v) is 17.3. The molecule has 3 aromatic carbocycles. The second-order valence-electron chi connectivity index (χ2n) is 6.82. The average molecular weight is 414 g/mol. The van der Waals surface area contributed by atoms with E-state index in [9.17, 15) is 14.7 Å². The van der Waals surface area contributed by atoms with Crippen LogP contribution in [0.3, 0.4) is 0 Å². The van der Waals surface area contributed by atoms with Crippen LogP contribution in [0.5, 0.6) is 5.75 Å². The maximum atomic E-state index is 12.5. The lowest BCUT2D eigenvalue weighted by Gasteiger charge is -2.18. The van der Waals surface area contributed by atoms with Crippen LogP contribution < -0.4 is 5.32 Å². The molecule has 0 saturated heterocycles.